The molecule has 0 aliphatic heterocycles. The lowest BCUT2D eigenvalue weighted by Crippen LogP contribution is -2.31. The number of nitrogens with one attached hydrogen (secondary N) is 2. The molecule has 0 unspecified atom stereocenters. The topological polar surface area (TPSA) is 142 Å². The van der Waals surface area contributed by atoms with E-state index < -0.39 is 24.5 Å². The smallest absolute Gasteiger partial charge is 0.325 e. The Balaban J connectivity index is 2.11. The molecule has 0 aliphatic rings. The number of hydrogen-bond donors (Lipinski definition) is 2. The molecule has 0 atom stereocenters. The van der Waals surface area contributed by atoms with Crippen molar-refractivity contribution in [1.29, 1.82) is 0 Å². The van der Waals surface area contributed by atoms with Gasteiger partial charge in [0.1, 0.15) is 23.9 Å². The second-order valence-corrected chi connectivity index (χ2v) is 7.64. The molecule has 1 heterocycles. The Morgan fingerprint density at radius 2 is 1.88 bits per heavy atom. The first-order valence-corrected chi connectivity index (χ1v) is 11.3. The van der Waals surface area contributed by atoms with Crippen LogP contribution in [0.5, 0.6) is 5.75 Å². The number of rotatable bonds is 13. The quantitative estimate of drug-likeness (QED) is 0.314. The van der Waals surface area contributed by atoms with E-state index >= 15 is 0 Å². The molecular formula is C22H27N3O8S. The molecule has 0 fully saturated rings. The molecule has 1 aromatic carbocycles. The lowest BCUT2D eigenvalue weighted by atomic mass is 10.2. The third kappa shape index (κ3) is 9.16. The Hall–Kier alpha value is -3.51. The van der Waals surface area contributed by atoms with Gasteiger partial charge in [-0.05, 0) is 25.1 Å². The fraction of sp³-hybridized carbons (Fsp3) is 0.409. The molecule has 2 amide bonds. The number of carbonyl (C=O) groups excluding carboxylic acids is 4. The monoisotopic (exact) mass is 493 g/mol. The molecule has 184 valence electrons. The van der Waals surface area contributed by atoms with Crippen molar-refractivity contribution in [3.05, 3.63) is 29.3 Å². The Kier molecular flexibility index (Phi) is 10.9. The van der Waals surface area contributed by atoms with Crippen molar-refractivity contribution in [1.82, 2.24) is 10.3 Å². The fourth-order valence-electron chi connectivity index (χ4n) is 2.61. The van der Waals surface area contributed by atoms with Crippen molar-refractivity contribution < 1.29 is 38.1 Å². The van der Waals surface area contributed by atoms with Gasteiger partial charge in [0, 0.05) is 25.0 Å². The largest absolute Gasteiger partial charge is 0.489 e. The SMILES string of the molecule is CCOC(=O)CNC(=O)Cc1csc(-c2ccc(OCCOC)c(NC(=O)COC(C)=O)c2)n1. The van der Waals surface area contributed by atoms with Crippen molar-refractivity contribution in [2.75, 3.05) is 45.4 Å². The normalized spacial score (nSPS) is 10.3. The highest BCUT2D eigenvalue weighted by Gasteiger charge is 2.15. The molecule has 2 N–H and O–H groups in total. The number of nitrogens with zero attached hydrogens (tertiary/aromatic N) is 1. The lowest BCUT2D eigenvalue weighted by Gasteiger charge is -2.13. The third-order valence-electron chi connectivity index (χ3n) is 4.08. The molecule has 0 radical (unpaired) electrons. The van der Waals surface area contributed by atoms with Gasteiger partial charge in [0.25, 0.3) is 5.91 Å². The van der Waals surface area contributed by atoms with Gasteiger partial charge in [0.2, 0.25) is 5.91 Å². The molecule has 1 aromatic heterocycles. The number of amides is 2. The van der Waals surface area contributed by atoms with Crippen LogP contribution in [-0.4, -0.2) is 68.8 Å². The molecule has 0 spiro atoms. The number of benzene rings is 1. The van der Waals surface area contributed by atoms with Crippen molar-refractivity contribution in [3.8, 4) is 16.3 Å². The first-order valence-electron chi connectivity index (χ1n) is 10.4. The highest BCUT2D eigenvalue weighted by molar-refractivity contribution is 7.13. The van der Waals surface area contributed by atoms with Gasteiger partial charge in [-0.3, -0.25) is 19.2 Å². The summed E-state index contributed by atoms with van der Waals surface area (Å²) >= 11 is 1.32. The van der Waals surface area contributed by atoms with Gasteiger partial charge in [-0.25, -0.2) is 4.98 Å². The molecule has 12 heteroatoms. The van der Waals surface area contributed by atoms with E-state index in [1.807, 2.05) is 0 Å². The van der Waals surface area contributed by atoms with E-state index in [-0.39, 0.29) is 32.1 Å². The van der Waals surface area contributed by atoms with Crippen molar-refractivity contribution in [2.45, 2.75) is 20.3 Å². The van der Waals surface area contributed by atoms with E-state index in [0.717, 1.165) is 0 Å². The van der Waals surface area contributed by atoms with Crippen LogP contribution in [0.4, 0.5) is 5.69 Å². The van der Waals surface area contributed by atoms with Crippen LogP contribution >= 0.6 is 11.3 Å². The molecule has 11 nitrogen and oxygen atoms in total. The summed E-state index contributed by atoms with van der Waals surface area (Å²) in [6, 6.07) is 5.13. The molecule has 2 aromatic rings. The molecule has 0 aliphatic carbocycles. The number of hydrogen-bond acceptors (Lipinski definition) is 10. The van der Waals surface area contributed by atoms with Crippen molar-refractivity contribution in [2.24, 2.45) is 0 Å². The standard InChI is InChI=1S/C22H27N3O8S/c1-4-31-21(29)11-23-19(27)10-16-13-34-22(24-16)15-5-6-18(32-8-7-30-3)17(9-15)25-20(28)12-33-14(2)26/h5-6,9,13H,4,7-8,10-12H2,1-3H3,(H,23,27)(H,25,28). The van der Waals surface area contributed by atoms with Crippen molar-refractivity contribution in [3.63, 3.8) is 0 Å². The summed E-state index contributed by atoms with van der Waals surface area (Å²) in [6.07, 6.45) is 0.0000949. The van der Waals surface area contributed by atoms with E-state index in [2.05, 4.69) is 15.6 Å². The highest BCUT2D eigenvalue weighted by Crippen LogP contribution is 2.32. The maximum absolute atomic E-state index is 12.2. The van der Waals surface area contributed by atoms with Crippen LogP contribution in [0.2, 0.25) is 0 Å². The Morgan fingerprint density at radius 3 is 2.59 bits per heavy atom. The second kappa shape index (κ2) is 13.9. The van der Waals surface area contributed by atoms with Gasteiger partial charge >= 0.3 is 11.9 Å². The minimum atomic E-state index is -0.568. The first kappa shape index (κ1) is 26.7. The van der Waals surface area contributed by atoms with E-state index in [1.165, 1.54) is 18.3 Å². The third-order valence-corrected chi connectivity index (χ3v) is 5.02. The molecule has 0 saturated carbocycles. The van der Waals surface area contributed by atoms with E-state index in [4.69, 9.17) is 18.9 Å². The molecule has 2 rings (SSSR count). The van der Waals surface area contributed by atoms with Gasteiger partial charge < -0.3 is 29.6 Å². The number of methoxy groups -OCH3 is 1. The Bertz CT molecular complexity index is 1010. The summed E-state index contributed by atoms with van der Waals surface area (Å²) in [4.78, 5) is 51.0. The Morgan fingerprint density at radius 1 is 1.09 bits per heavy atom. The number of ether oxygens (including phenoxy) is 4. The summed E-state index contributed by atoms with van der Waals surface area (Å²) in [5.74, 6) is -1.55. The molecular weight excluding hydrogens is 466 g/mol. The number of carbonyl (C=O) groups is 4. The summed E-state index contributed by atoms with van der Waals surface area (Å²) in [5.41, 5.74) is 1.59. The highest BCUT2D eigenvalue weighted by atomic mass is 32.1. The predicted molar refractivity (Wildman–Crippen MR) is 124 cm³/mol. The fourth-order valence-corrected chi connectivity index (χ4v) is 3.42. The minimum absolute atomic E-state index is 0.0000949. The summed E-state index contributed by atoms with van der Waals surface area (Å²) in [6.45, 7) is 3.13. The van der Waals surface area contributed by atoms with E-state index in [1.54, 1.807) is 37.6 Å². The maximum Gasteiger partial charge on any atom is 0.325 e. The number of aromatic nitrogens is 1. The zero-order valence-corrected chi connectivity index (χ0v) is 20.0. The van der Waals surface area contributed by atoms with Crippen LogP contribution in [0.1, 0.15) is 19.5 Å². The van der Waals surface area contributed by atoms with Crippen LogP contribution in [0.15, 0.2) is 23.6 Å². The van der Waals surface area contributed by atoms with Crippen LogP contribution in [0.25, 0.3) is 10.6 Å². The van der Waals surface area contributed by atoms with Crippen molar-refractivity contribution >= 4 is 40.8 Å². The number of thiazole rings is 1. The average Bonchev–Trinajstić information content (AvgIpc) is 3.26. The lowest BCUT2D eigenvalue weighted by molar-refractivity contribution is -0.145. The molecule has 34 heavy (non-hydrogen) atoms. The zero-order chi connectivity index (χ0) is 24.9. The first-order chi connectivity index (χ1) is 16.3. The number of anilines is 1. The summed E-state index contributed by atoms with van der Waals surface area (Å²) in [5, 5.41) is 7.51. The van der Waals surface area contributed by atoms with Gasteiger partial charge in [-0.2, -0.15) is 0 Å². The summed E-state index contributed by atoms with van der Waals surface area (Å²) in [7, 11) is 1.55. The molecule has 0 bridgehead atoms. The van der Waals surface area contributed by atoms with Gasteiger partial charge in [0.05, 0.1) is 31.0 Å². The Labute approximate surface area is 200 Å². The van der Waals surface area contributed by atoms with Gasteiger partial charge in [-0.1, -0.05) is 0 Å². The number of esters is 2. The van der Waals surface area contributed by atoms with Crippen LogP contribution in [-0.2, 0) is 39.8 Å². The average molecular weight is 494 g/mol. The second-order valence-electron chi connectivity index (χ2n) is 6.78. The predicted octanol–water partition coefficient (Wildman–Crippen LogP) is 1.56. The van der Waals surface area contributed by atoms with E-state index in [9.17, 15) is 19.2 Å². The van der Waals surface area contributed by atoms with Crippen LogP contribution < -0.4 is 15.4 Å². The molecule has 0 saturated heterocycles. The van der Waals surface area contributed by atoms with Gasteiger partial charge in [0.15, 0.2) is 6.61 Å². The maximum atomic E-state index is 12.2. The zero-order valence-electron chi connectivity index (χ0n) is 19.2. The van der Waals surface area contributed by atoms with E-state index in [0.29, 0.717) is 34.3 Å². The van der Waals surface area contributed by atoms with Crippen LogP contribution in [0.3, 0.4) is 0 Å². The summed E-state index contributed by atoms with van der Waals surface area (Å²) < 4.78 is 20.1. The minimum Gasteiger partial charge on any atom is -0.489 e. The van der Waals surface area contributed by atoms with Gasteiger partial charge in [-0.15, -0.1) is 11.3 Å². The van der Waals surface area contributed by atoms with Crippen LogP contribution in [0, 0.1) is 0 Å².